The molecule has 0 saturated heterocycles. The van der Waals surface area contributed by atoms with Crippen molar-refractivity contribution < 1.29 is 33.3 Å². The normalized spacial score (nSPS) is 13.4. The van der Waals surface area contributed by atoms with E-state index in [-0.39, 0.29) is 19.3 Å². The largest absolute Gasteiger partial charge is 0.508 e. The van der Waals surface area contributed by atoms with Crippen molar-refractivity contribution in [3.8, 4) is 0 Å². The Bertz CT molecular complexity index is 241. The van der Waals surface area contributed by atoms with E-state index < -0.39 is 18.4 Å². The smallest absolute Gasteiger partial charge is 0.438 e. The molecule has 0 spiro atoms. The topological polar surface area (TPSA) is 80.3 Å². The van der Waals surface area contributed by atoms with Crippen molar-refractivity contribution in [2.45, 2.75) is 26.1 Å². The number of carbonyl (C=O) groups is 2. The molecule has 0 aliphatic heterocycles. The van der Waals surface area contributed by atoms with Crippen LogP contribution in [0.3, 0.4) is 0 Å². The average molecular weight is 250 g/mol. The molecule has 100 valence electrons. The Hall–Kier alpha value is -1.50. The molecule has 0 N–H and O–H groups in total. The number of hydrogen-bond donors (Lipinski definition) is 0. The highest BCUT2D eigenvalue weighted by molar-refractivity contribution is 5.59. The van der Waals surface area contributed by atoms with E-state index in [1.807, 2.05) is 0 Å². The molecule has 0 aliphatic carbocycles. The molecule has 7 nitrogen and oxygen atoms in total. The highest BCUT2D eigenvalue weighted by Gasteiger charge is 2.12. The number of ether oxygens (including phenoxy) is 5. The third kappa shape index (κ3) is 8.32. The van der Waals surface area contributed by atoms with Crippen LogP contribution in [-0.4, -0.2) is 52.0 Å². The van der Waals surface area contributed by atoms with Crippen molar-refractivity contribution in [2.75, 3.05) is 27.4 Å². The number of hydrogen-bond acceptors (Lipinski definition) is 7. The summed E-state index contributed by atoms with van der Waals surface area (Å²) in [6.07, 6.45) is -2.29. The molecule has 0 aromatic rings. The van der Waals surface area contributed by atoms with Crippen molar-refractivity contribution >= 4 is 12.3 Å². The van der Waals surface area contributed by atoms with Gasteiger partial charge in [0.2, 0.25) is 0 Å². The summed E-state index contributed by atoms with van der Waals surface area (Å²) < 4.78 is 23.3. The van der Waals surface area contributed by atoms with Gasteiger partial charge in [0.1, 0.15) is 12.7 Å². The third-order valence-corrected chi connectivity index (χ3v) is 1.68. The molecule has 0 aromatic heterocycles. The average Bonchev–Trinajstić information content (AvgIpc) is 2.32. The van der Waals surface area contributed by atoms with Crippen LogP contribution in [0.2, 0.25) is 0 Å². The van der Waals surface area contributed by atoms with Crippen LogP contribution in [0.1, 0.15) is 13.8 Å². The highest BCUT2D eigenvalue weighted by atomic mass is 16.7. The fourth-order valence-electron chi connectivity index (χ4n) is 0.839. The standard InChI is InChI=1S/C10H18O7/c1-7(5-16-9(11)13-3)15-6-8(2)17-10(12)14-4/h7-8H,5-6H2,1-4H3. The predicted octanol–water partition coefficient (Wildman–Crippen LogP) is 1.35. The van der Waals surface area contributed by atoms with Crippen LogP contribution >= 0.6 is 0 Å². The van der Waals surface area contributed by atoms with E-state index in [1.54, 1.807) is 13.8 Å². The van der Waals surface area contributed by atoms with Gasteiger partial charge in [-0.2, -0.15) is 0 Å². The van der Waals surface area contributed by atoms with Crippen LogP contribution in [0.15, 0.2) is 0 Å². The highest BCUT2D eigenvalue weighted by Crippen LogP contribution is 1.99. The van der Waals surface area contributed by atoms with Crippen LogP contribution in [-0.2, 0) is 23.7 Å². The summed E-state index contributed by atoms with van der Waals surface area (Å²) in [5.74, 6) is 0. The molecule has 0 saturated carbocycles. The first-order chi connectivity index (χ1) is 7.99. The lowest BCUT2D eigenvalue weighted by atomic mass is 10.4. The SMILES string of the molecule is COC(=O)OCC(C)OCC(C)OC(=O)OC. The fourth-order valence-corrected chi connectivity index (χ4v) is 0.839. The van der Waals surface area contributed by atoms with Gasteiger partial charge in [-0.1, -0.05) is 0 Å². The first-order valence-electron chi connectivity index (χ1n) is 5.06. The first-order valence-corrected chi connectivity index (χ1v) is 5.06. The van der Waals surface area contributed by atoms with E-state index in [2.05, 4.69) is 14.2 Å². The molecule has 0 fully saturated rings. The zero-order valence-electron chi connectivity index (χ0n) is 10.4. The van der Waals surface area contributed by atoms with Gasteiger partial charge in [-0.15, -0.1) is 0 Å². The maximum atomic E-state index is 10.7. The van der Waals surface area contributed by atoms with Crippen LogP contribution in [0.4, 0.5) is 9.59 Å². The molecule has 0 rings (SSSR count). The van der Waals surface area contributed by atoms with Gasteiger partial charge < -0.3 is 23.7 Å². The molecule has 0 radical (unpaired) electrons. The van der Waals surface area contributed by atoms with Crippen LogP contribution in [0.25, 0.3) is 0 Å². The maximum Gasteiger partial charge on any atom is 0.508 e. The molecule has 7 heteroatoms. The summed E-state index contributed by atoms with van der Waals surface area (Å²) in [4.78, 5) is 21.4. The molecule has 0 bridgehead atoms. The van der Waals surface area contributed by atoms with Crippen LogP contribution in [0, 0.1) is 0 Å². The van der Waals surface area contributed by atoms with Crippen molar-refractivity contribution in [1.82, 2.24) is 0 Å². The number of carbonyl (C=O) groups excluding carboxylic acids is 2. The van der Waals surface area contributed by atoms with Gasteiger partial charge >= 0.3 is 12.3 Å². The van der Waals surface area contributed by atoms with Crippen molar-refractivity contribution in [3.05, 3.63) is 0 Å². The van der Waals surface area contributed by atoms with E-state index in [0.717, 1.165) is 0 Å². The number of rotatable bonds is 6. The minimum Gasteiger partial charge on any atom is -0.438 e. The summed E-state index contributed by atoms with van der Waals surface area (Å²) in [6, 6.07) is 0. The van der Waals surface area contributed by atoms with E-state index in [4.69, 9.17) is 9.47 Å². The molecule has 2 unspecified atom stereocenters. The summed E-state index contributed by atoms with van der Waals surface area (Å²) in [5, 5.41) is 0. The van der Waals surface area contributed by atoms with E-state index >= 15 is 0 Å². The molecular formula is C10H18O7. The van der Waals surface area contributed by atoms with Crippen molar-refractivity contribution in [2.24, 2.45) is 0 Å². The Morgan fingerprint density at radius 2 is 1.53 bits per heavy atom. The molecule has 0 aliphatic rings. The molecule has 2 atom stereocenters. The summed E-state index contributed by atoms with van der Waals surface area (Å²) >= 11 is 0. The van der Waals surface area contributed by atoms with Gasteiger partial charge in [-0.3, -0.25) is 0 Å². The second-order valence-corrected chi connectivity index (χ2v) is 3.29. The van der Waals surface area contributed by atoms with E-state index in [9.17, 15) is 9.59 Å². The lowest BCUT2D eigenvalue weighted by Gasteiger charge is -2.16. The lowest BCUT2D eigenvalue weighted by Crippen LogP contribution is -2.26. The van der Waals surface area contributed by atoms with Gasteiger partial charge in [0.15, 0.2) is 0 Å². The van der Waals surface area contributed by atoms with E-state index in [1.165, 1.54) is 14.2 Å². The maximum absolute atomic E-state index is 10.7. The molecule has 0 amide bonds. The Labute approximate surface area is 99.9 Å². The Balaban J connectivity index is 3.65. The van der Waals surface area contributed by atoms with Gasteiger partial charge in [0.25, 0.3) is 0 Å². The zero-order chi connectivity index (χ0) is 13.3. The van der Waals surface area contributed by atoms with Gasteiger partial charge in [0.05, 0.1) is 26.9 Å². The summed E-state index contributed by atoms with van der Waals surface area (Å²) in [6.45, 7) is 3.62. The lowest BCUT2D eigenvalue weighted by molar-refractivity contribution is -0.0446. The first kappa shape index (κ1) is 15.5. The summed E-state index contributed by atoms with van der Waals surface area (Å²) in [7, 11) is 2.45. The molecular weight excluding hydrogens is 232 g/mol. The van der Waals surface area contributed by atoms with Crippen LogP contribution in [0.5, 0.6) is 0 Å². The second kappa shape index (κ2) is 8.63. The molecule has 17 heavy (non-hydrogen) atoms. The Morgan fingerprint density at radius 1 is 0.941 bits per heavy atom. The molecule has 0 heterocycles. The minimum absolute atomic E-state index is 0.0671. The number of methoxy groups -OCH3 is 2. The third-order valence-electron chi connectivity index (χ3n) is 1.68. The predicted molar refractivity (Wildman–Crippen MR) is 56.7 cm³/mol. The fraction of sp³-hybridized carbons (Fsp3) is 0.800. The zero-order valence-corrected chi connectivity index (χ0v) is 10.4. The monoisotopic (exact) mass is 250 g/mol. The second-order valence-electron chi connectivity index (χ2n) is 3.29. The van der Waals surface area contributed by atoms with Crippen LogP contribution < -0.4 is 0 Å². The Morgan fingerprint density at radius 3 is 2.06 bits per heavy atom. The van der Waals surface area contributed by atoms with Crippen molar-refractivity contribution in [1.29, 1.82) is 0 Å². The quantitative estimate of drug-likeness (QED) is 0.658. The van der Waals surface area contributed by atoms with E-state index in [0.29, 0.717) is 0 Å². The van der Waals surface area contributed by atoms with Gasteiger partial charge in [-0.05, 0) is 13.8 Å². The van der Waals surface area contributed by atoms with Crippen molar-refractivity contribution in [3.63, 3.8) is 0 Å². The summed E-state index contributed by atoms with van der Waals surface area (Å²) in [5.41, 5.74) is 0. The minimum atomic E-state index is -0.765. The van der Waals surface area contributed by atoms with Gasteiger partial charge in [-0.25, -0.2) is 9.59 Å². The van der Waals surface area contributed by atoms with Gasteiger partial charge in [0, 0.05) is 0 Å². The molecule has 0 aromatic carbocycles. The Kier molecular flexibility index (Phi) is 7.87.